The zero-order valence-corrected chi connectivity index (χ0v) is 13.4. The van der Waals surface area contributed by atoms with Gasteiger partial charge in [-0.05, 0) is 12.1 Å². The Balaban J connectivity index is 1.50. The lowest BCUT2D eigenvalue weighted by Crippen LogP contribution is -2.49. The smallest absolute Gasteiger partial charge is 0.271 e. The molecule has 24 heavy (non-hydrogen) atoms. The second-order valence-corrected chi connectivity index (χ2v) is 5.95. The second-order valence-electron chi connectivity index (χ2n) is 5.95. The maximum atomic E-state index is 10.9. The van der Waals surface area contributed by atoms with Crippen molar-refractivity contribution in [3.8, 4) is 0 Å². The van der Waals surface area contributed by atoms with E-state index in [1.807, 2.05) is 18.3 Å². The molecule has 0 aliphatic carbocycles. The van der Waals surface area contributed by atoms with Gasteiger partial charge < -0.3 is 10.0 Å². The Kier molecular flexibility index (Phi) is 5.07. The van der Waals surface area contributed by atoms with Crippen LogP contribution >= 0.6 is 0 Å². The average molecular weight is 331 g/mol. The van der Waals surface area contributed by atoms with E-state index in [1.54, 1.807) is 23.0 Å². The molecule has 0 bridgehead atoms. The first-order valence-corrected chi connectivity index (χ1v) is 7.99. The summed E-state index contributed by atoms with van der Waals surface area (Å²) in [5, 5.41) is 25.1. The van der Waals surface area contributed by atoms with Crippen molar-refractivity contribution in [2.75, 3.05) is 37.6 Å². The standard InChI is InChI=1S/C16H21N5O3/c22-16(13-20-6-2-5-17-20)12-18-7-9-19(10-8-18)14-3-1-4-15(11-14)21(23)24/h1-6,11,16,22H,7-10,12-13H2/t16-/m0/s1. The molecule has 0 spiro atoms. The summed E-state index contributed by atoms with van der Waals surface area (Å²) in [5.41, 5.74) is 0.991. The van der Waals surface area contributed by atoms with Gasteiger partial charge in [0.2, 0.25) is 0 Å². The van der Waals surface area contributed by atoms with Crippen molar-refractivity contribution >= 4 is 11.4 Å². The summed E-state index contributed by atoms with van der Waals surface area (Å²) in [7, 11) is 0. The molecule has 2 aromatic rings. The molecular weight excluding hydrogens is 310 g/mol. The fourth-order valence-corrected chi connectivity index (χ4v) is 2.97. The summed E-state index contributed by atoms with van der Waals surface area (Å²) in [5.74, 6) is 0. The highest BCUT2D eigenvalue weighted by molar-refractivity contribution is 5.53. The van der Waals surface area contributed by atoms with Gasteiger partial charge in [0.05, 0.1) is 17.6 Å². The summed E-state index contributed by atoms with van der Waals surface area (Å²) in [6, 6.07) is 8.57. The molecule has 0 amide bonds. The van der Waals surface area contributed by atoms with Crippen LogP contribution in [-0.2, 0) is 6.54 Å². The van der Waals surface area contributed by atoms with Gasteiger partial charge in [-0.2, -0.15) is 5.10 Å². The fourth-order valence-electron chi connectivity index (χ4n) is 2.97. The minimum absolute atomic E-state index is 0.115. The van der Waals surface area contributed by atoms with E-state index in [-0.39, 0.29) is 10.6 Å². The Morgan fingerprint density at radius 1 is 1.21 bits per heavy atom. The number of piperazine rings is 1. The maximum absolute atomic E-state index is 10.9. The molecule has 3 rings (SSSR count). The van der Waals surface area contributed by atoms with E-state index in [0.29, 0.717) is 13.1 Å². The Labute approximate surface area is 140 Å². The van der Waals surface area contributed by atoms with Crippen molar-refractivity contribution in [3.63, 3.8) is 0 Å². The first-order valence-electron chi connectivity index (χ1n) is 7.99. The Morgan fingerprint density at radius 3 is 2.67 bits per heavy atom. The zero-order chi connectivity index (χ0) is 16.9. The normalized spacial score (nSPS) is 17.0. The number of hydrogen-bond donors (Lipinski definition) is 1. The molecule has 0 saturated carbocycles. The predicted octanol–water partition coefficient (Wildman–Crippen LogP) is 0.974. The molecule has 1 fully saturated rings. The lowest BCUT2D eigenvalue weighted by Gasteiger charge is -2.36. The van der Waals surface area contributed by atoms with Crippen molar-refractivity contribution in [2.24, 2.45) is 0 Å². The quantitative estimate of drug-likeness (QED) is 0.627. The third-order valence-electron chi connectivity index (χ3n) is 4.20. The molecule has 1 atom stereocenters. The molecule has 1 aromatic carbocycles. The van der Waals surface area contributed by atoms with Crippen molar-refractivity contribution in [1.29, 1.82) is 0 Å². The van der Waals surface area contributed by atoms with E-state index in [1.165, 1.54) is 6.07 Å². The summed E-state index contributed by atoms with van der Waals surface area (Å²) in [6.45, 7) is 4.30. The van der Waals surface area contributed by atoms with Crippen molar-refractivity contribution in [3.05, 3.63) is 52.8 Å². The van der Waals surface area contributed by atoms with Crippen molar-refractivity contribution in [2.45, 2.75) is 12.6 Å². The predicted molar refractivity (Wildman–Crippen MR) is 90.0 cm³/mol. The molecule has 128 valence electrons. The van der Waals surface area contributed by atoms with E-state index in [0.717, 1.165) is 31.9 Å². The molecule has 8 heteroatoms. The number of aromatic nitrogens is 2. The number of anilines is 1. The van der Waals surface area contributed by atoms with Crippen molar-refractivity contribution in [1.82, 2.24) is 14.7 Å². The topological polar surface area (TPSA) is 87.7 Å². The minimum Gasteiger partial charge on any atom is -0.390 e. The van der Waals surface area contributed by atoms with Gasteiger partial charge in [-0.3, -0.25) is 19.7 Å². The van der Waals surface area contributed by atoms with Gasteiger partial charge in [-0.15, -0.1) is 0 Å². The third-order valence-corrected chi connectivity index (χ3v) is 4.20. The molecule has 1 aliphatic rings. The molecule has 1 aromatic heterocycles. The molecule has 1 N–H and O–H groups in total. The molecule has 0 unspecified atom stereocenters. The zero-order valence-electron chi connectivity index (χ0n) is 13.4. The third kappa shape index (κ3) is 4.09. The van der Waals surface area contributed by atoms with Crippen LogP contribution in [0.15, 0.2) is 42.7 Å². The molecule has 1 saturated heterocycles. The number of nitrogens with zero attached hydrogens (tertiary/aromatic N) is 5. The maximum Gasteiger partial charge on any atom is 0.271 e. The number of aliphatic hydroxyl groups is 1. The number of aliphatic hydroxyl groups excluding tert-OH is 1. The van der Waals surface area contributed by atoms with E-state index in [9.17, 15) is 15.2 Å². The first kappa shape index (κ1) is 16.4. The number of hydrogen-bond acceptors (Lipinski definition) is 6. The Morgan fingerprint density at radius 2 is 2.00 bits per heavy atom. The largest absolute Gasteiger partial charge is 0.390 e. The molecule has 0 radical (unpaired) electrons. The van der Waals surface area contributed by atoms with Gasteiger partial charge in [0.15, 0.2) is 0 Å². The van der Waals surface area contributed by atoms with Crippen LogP contribution in [0.2, 0.25) is 0 Å². The van der Waals surface area contributed by atoms with Crippen LogP contribution in [0.4, 0.5) is 11.4 Å². The van der Waals surface area contributed by atoms with Gasteiger partial charge in [0, 0.05) is 62.9 Å². The van der Waals surface area contributed by atoms with Crippen LogP contribution in [0, 0.1) is 10.1 Å². The van der Waals surface area contributed by atoms with E-state index < -0.39 is 6.10 Å². The summed E-state index contributed by atoms with van der Waals surface area (Å²) in [6.07, 6.45) is 3.07. The second kappa shape index (κ2) is 7.41. The highest BCUT2D eigenvalue weighted by Crippen LogP contribution is 2.22. The average Bonchev–Trinajstić information content (AvgIpc) is 3.08. The van der Waals surface area contributed by atoms with Crippen molar-refractivity contribution < 1.29 is 10.0 Å². The Hall–Kier alpha value is -2.45. The fraction of sp³-hybridized carbons (Fsp3) is 0.438. The Bertz CT molecular complexity index is 668. The van der Waals surface area contributed by atoms with Crippen LogP contribution in [0.1, 0.15) is 0 Å². The summed E-state index contributed by atoms with van der Waals surface area (Å²) >= 11 is 0. The van der Waals surface area contributed by atoms with Gasteiger partial charge in [0.1, 0.15) is 0 Å². The van der Waals surface area contributed by atoms with Crippen LogP contribution in [0.3, 0.4) is 0 Å². The van der Waals surface area contributed by atoms with Gasteiger partial charge >= 0.3 is 0 Å². The van der Waals surface area contributed by atoms with E-state index in [2.05, 4.69) is 14.9 Å². The number of benzene rings is 1. The number of β-amino-alcohol motifs (C(OH)–C–C–N with tert-alkyl or cyclic N) is 1. The molecular formula is C16H21N5O3. The van der Waals surface area contributed by atoms with Crippen LogP contribution < -0.4 is 4.90 Å². The molecule has 2 heterocycles. The first-order chi connectivity index (χ1) is 11.6. The van der Waals surface area contributed by atoms with Gasteiger partial charge in [0.25, 0.3) is 5.69 Å². The SMILES string of the molecule is O=[N+]([O-])c1cccc(N2CCN(C[C@H](O)Cn3cccn3)CC2)c1. The van der Waals surface area contributed by atoms with E-state index >= 15 is 0 Å². The van der Waals surface area contributed by atoms with Gasteiger partial charge in [-0.25, -0.2) is 0 Å². The lowest BCUT2D eigenvalue weighted by molar-refractivity contribution is -0.384. The minimum atomic E-state index is -0.464. The summed E-state index contributed by atoms with van der Waals surface area (Å²) in [4.78, 5) is 14.9. The van der Waals surface area contributed by atoms with Crippen LogP contribution in [0.25, 0.3) is 0 Å². The van der Waals surface area contributed by atoms with Gasteiger partial charge in [-0.1, -0.05) is 6.07 Å². The molecule has 8 nitrogen and oxygen atoms in total. The lowest BCUT2D eigenvalue weighted by atomic mass is 10.2. The van der Waals surface area contributed by atoms with E-state index in [4.69, 9.17) is 0 Å². The number of nitro groups is 1. The molecule has 1 aliphatic heterocycles. The monoisotopic (exact) mass is 331 g/mol. The number of nitro benzene ring substituents is 1. The van der Waals surface area contributed by atoms with Crippen LogP contribution in [-0.4, -0.2) is 63.5 Å². The number of rotatable bonds is 6. The van der Waals surface area contributed by atoms with Crippen LogP contribution in [0.5, 0.6) is 0 Å². The highest BCUT2D eigenvalue weighted by Gasteiger charge is 2.20. The summed E-state index contributed by atoms with van der Waals surface area (Å²) < 4.78 is 1.73. The highest BCUT2D eigenvalue weighted by atomic mass is 16.6. The number of non-ortho nitro benzene ring substituents is 1.